The number of para-hydroxylation sites is 1. The summed E-state index contributed by atoms with van der Waals surface area (Å²) < 4.78 is 29.4. The second-order valence-corrected chi connectivity index (χ2v) is 9.17. The van der Waals surface area contributed by atoms with Gasteiger partial charge in [0.15, 0.2) is 5.03 Å². The number of nitrogens with zero attached hydrogens (tertiary/aromatic N) is 3. The minimum atomic E-state index is -3.63. The Morgan fingerprint density at radius 1 is 1.04 bits per heavy atom. The summed E-state index contributed by atoms with van der Waals surface area (Å²) in [6, 6.07) is 18.1. The van der Waals surface area contributed by atoms with E-state index in [0.717, 1.165) is 16.8 Å². The van der Waals surface area contributed by atoms with E-state index in [1.807, 2.05) is 36.4 Å². The number of sulfonamides is 1. The van der Waals surface area contributed by atoms with Crippen LogP contribution >= 0.6 is 0 Å². The number of nitrogens with one attached hydrogen (secondary N) is 1. The van der Waals surface area contributed by atoms with Gasteiger partial charge in [0.05, 0.1) is 6.33 Å². The molecule has 0 saturated carbocycles. The first-order valence-electron chi connectivity index (χ1n) is 9.30. The van der Waals surface area contributed by atoms with Crippen molar-refractivity contribution in [1.82, 2.24) is 13.9 Å². The number of imidazole rings is 1. The van der Waals surface area contributed by atoms with Crippen molar-refractivity contribution in [3.8, 4) is 0 Å². The quantitative estimate of drug-likeness (QED) is 0.720. The van der Waals surface area contributed by atoms with Crippen LogP contribution in [0.5, 0.6) is 0 Å². The second kappa shape index (κ2) is 7.41. The maximum absolute atomic E-state index is 13.1. The van der Waals surface area contributed by atoms with Crippen LogP contribution in [0.1, 0.15) is 17.0 Å². The molecule has 0 spiro atoms. The molecule has 2 atom stereocenters. The molecular formula is C21H24N4O2S. The first-order valence-corrected chi connectivity index (χ1v) is 10.7. The van der Waals surface area contributed by atoms with E-state index in [9.17, 15) is 8.42 Å². The molecule has 1 N–H and O–H groups in total. The zero-order valence-corrected chi connectivity index (χ0v) is 16.8. The van der Waals surface area contributed by atoms with Crippen LogP contribution in [0, 0.1) is 6.92 Å². The van der Waals surface area contributed by atoms with Gasteiger partial charge in [0.2, 0.25) is 0 Å². The minimum absolute atomic E-state index is 0.0259. The Kier molecular flexibility index (Phi) is 4.95. The predicted molar refractivity (Wildman–Crippen MR) is 110 cm³/mol. The molecule has 2 aromatic carbocycles. The van der Waals surface area contributed by atoms with Crippen molar-refractivity contribution in [2.75, 3.05) is 18.4 Å². The largest absolute Gasteiger partial charge is 0.380 e. The van der Waals surface area contributed by atoms with Crippen molar-refractivity contribution in [1.29, 1.82) is 0 Å². The van der Waals surface area contributed by atoms with Crippen LogP contribution in [-0.4, -0.2) is 41.4 Å². The SMILES string of the molecule is Cc1ccccc1NC1CN(S(=O)(=O)c2cn(C)cn2)CC1c1ccccc1. The molecule has 0 amide bonds. The van der Waals surface area contributed by atoms with E-state index in [2.05, 4.69) is 35.4 Å². The maximum atomic E-state index is 13.1. The smallest absolute Gasteiger partial charge is 0.262 e. The molecule has 4 rings (SSSR count). The lowest BCUT2D eigenvalue weighted by atomic mass is 9.94. The number of hydrogen-bond acceptors (Lipinski definition) is 4. The standard InChI is InChI=1S/C21H24N4O2S/c1-16-8-6-7-11-19(16)23-20-13-25(12-18(20)17-9-4-3-5-10-17)28(26,27)21-14-24(2)15-22-21/h3-11,14-15,18,20,23H,12-13H2,1-2H3. The fourth-order valence-corrected chi connectivity index (χ4v) is 5.20. The van der Waals surface area contributed by atoms with E-state index < -0.39 is 10.0 Å². The first-order chi connectivity index (χ1) is 13.4. The van der Waals surface area contributed by atoms with Gasteiger partial charge in [-0.2, -0.15) is 4.31 Å². The van der Waals surface area contributed by atoms with Gasteiger partial charge in [0, 0.05) is 44.0 Å². The van der Waals surface area contributed by atoms with Gasteiger partial charge in [-0.25, -0.2) is 13.4 Å². The Morgan fingerprint density at radius 2 is 1.75 bits per heavy atom. The van der Waals surface area contributed by atoms with E-state index in [-0.39, 0.29) is 17.0 Å². The lowest BCUT2D eigenvalue weighted by molar-refractivity contribution is 0.468. The Morgan fingerprint density at radius 3 is 2.43 bits per heavy atom. The molecule has 0 bridgehead atoms. The summed E-state index contributed by atoms with van der Waals surface area (Å²) in [5.41, 5.74) is 3.30. The van der Waals surface area contributed by atoms with Crippen LogP contribution < -0.4 is 5.32 Å². The van der Waals surface area contributed by atoms with Crippen LogP contribution in [0.2, 0.25) is 0 Å². The van der Waals surface area contributed by atoms with Crippen molar-refractivity contribution in [2.24, 2.45) is 7.05 Å². The topological polar surface area (TPSA) is 67.2 Å². The van der Waals surface area contributed by atoms with Gasteiger partial charge in [0.25, 0.3) is 10.0 Å². The number of benzene rings is 2. The zero-order valence-electron chi connectivity index (χ0n) is 16.0. The van der Waals surface area contributed by atoms with E-state index >= 15 is 0 Å². The fraction of sp³-hybridized carbons (Fsp3) is 0.286. The summed E-state index contributed by atoms with van der Waals surface area (Å²) >= 11 is 0. The Labute approximate surface area is 165 Å². The number of hydrogen-bond donors (Lipinski definition) is 1. The second-order valence-electron chi connectivity index (χ2n) is 7.28. The van der Waals surface area contributed by atoms with Gasteiger partial charge in [-0.1, -0.05) is 48.5 Å². The fourth-order valence-electron chi connectivity index (χ4n) is 3.74. The Bertz CT molecular complexity index is 1060. The van der Waals surface area contributed by atoms with Gasteiger partial charge in [-0.3, -0.25) is 0 Å². The summed E-state index contributed by atoms with van der Waals surface area (Å²) in [7, 11) is -1.86. The average molecular weight is 397 g/mol. The van der Waals surface area contributed by atoms with Gasteiger partial charge >= 0.3 is 0 Å². The van der Waals surface area contributed by atoms with Crippen molar-refractivity contribution in [3.05, 3.63) is 78.2 Å². The highest BCUT2D eigenvalue weighted by molar-refractivity contribution is 7.89. The van der Waals surface area contributed by atoms with E-state index in [1.165, 1.54) is 6.33 Å². The molecule has 7 heteroatoms. The van der Waals surface area contributed by atoms with Gasteiger partial charge in [0.1, 0.15) is 0 Å². The summed E-state index contributed by atoms with van der Waals surface area (Å²) in [6.45, 7) is 2.87. The van der Waals surface area contributed by atoms with E-state index in [0.29, 0.717) is 13.1 Å². The predicted octanol–water partition coefficient (Wildman–Crippen LogP) is 3.00. The molecule has 1 fully saturated rings. The molecule has 0 radical (unpaired) electrons. The van der Waals surface area contributed by atoms with E-state index in [1.54, 1.807) is 22.1 Å². The van der Waals surface area contributed by atoms with Crippen molar-refractivity contribution < 1.29 is 8.42 Å². The summed E-state index contributed by atoms with van der Waals surface area (Å²) in [6.07, 6.45) is 3.07. The van der Waals surface area contributed by atoms with Crippen LogP contribution in [0.4, 0.5) is 5.69 Å². The highest BCUT2D eigenvalue weighted by atomic mass is 32.2. The van der Waals surface area contributed by atoms with Crippen LogP contribution in [0.25, 0.3) is 0 Å². The third-order valence-electron chi connectivity index (χ3n) is 5.29. The normalized spacial score (nSPS) is 20.4. The molecule has 1 aliphatic heterocycles. The zero-order chi connectivity index (χ0) is 19.7. The number of anilines is 1. The first kappa shape index (κ1) is 18.7. The third-order valence-corrected chi connectivity index (χ3v) is 7.00. The molecule has 28 heavy (non-hydrogen) atoms. The molecule has 2 heterocycles. The maximum Gasteiger partial charge on any atom is 0.262 e. The molecule has 1 aliphatic rings. The van der Waals surface area contributed by atoms with Crippen LogP contribution in [0.3, 0.4) is 0 Å². The van der Waals surface area contributed by atoms with Crippen molar-refractivity contribution in [2.45, 2.75) is 23.9 Å². The highest BCUT2D eigenvalue weighted by Gasteiger charge is 2.41. The third kappa shape index (κ3) is 3.55. The monoisotopic (exact) mass is 396 g/mol. The summed E-state index contributed by atoms with van der Waals surface area (Å²) in [4.78, 5) is 4.07. The molecule has 3 aromatic rings. The van der Waals surface area contributed by atoms with Gasteiger partial charge in [-0.05, 0) is 24.1 Å². The summed E-state index contributed by atoms with van der Waals surface area (Å²) in [5.74, 6) is 0.0549. The number of aromatic nitrogens is 2. The lowest BCUT2D eigenvalue weighted by Gasteiger charge is -2.22. The molecule has 2 unspecified atom stereocenters. The molecule has 1 saturated heterocycles. The number of aryl methyl sites for hydroxylation is 2. The minimum Gasteiger partial charge on any atom is -0.380 e. The average Bonchev–Trinajstić information content (AvgIpc) is 3.32. The van der Waals surface area contributed by atoms with Crippen LogP contribution in [-0.2, 0) is 17.1 Å². The lowest BCUT2D eigenvalue weighted by Crippen LogP contribution is -2.32. The molecule has 0 aliphatic carbocycles. The molecular weight excluding hydrogens is 372 g/mol. The van der Waals surface area contributed by atoms with Crippen molar-refractivity contribution >= 4 is 15.7 Å². The van der Waals surface area contributed by atoms with Gasteiger partial charge in [-0.15, -0.1) is 0 Å². The van der Waals surface area contributed by atoms with Crippen LogP contribution in [0.15, 0.2) is 72.1 Å². The number of rotatable bonds is 5. The molecule has 6 nitrogen and oxygen atoms in total. The summed E-state index contributed by atoms with van der Waals surface area (Å²) in [5, 5.41) is 3.68. The Balaban J connectivity index is 1.66. The van der Waals surface area contributed by atoms with Gasteiger partial charge < -0.3 is 9.88 Å². The van der Waals surface area contributed by atoms with E-state index in [4.69, 9.17) is 0 Å². The molecule has 1 aromatic heterocycles. The Hall–Kier alpha value is -2.64. The van der Waals surface area contributed by atoms with Crippen molar-refractivity contribution in [3.63, 3.8) is 0 Å². The molecule has 146 valence electrons. The highest BCUT2D eigenvalue weighted by Crippen LogP contribution is 2.33.